The molecule has 0 radical (unpaired) electrons. The molecular weight excluding hydrogens is 338 g/mol. The Morgan fingerprint density at radius 3 is 2.43 bits per heavy atom. The van der Waals surface area contributed by atoms with Gasteiger partial charge in [-0.25, -0.2) is 8.78 Å². The molecule has 2 aromatic carbocycles. The second-order valence-electron chi connectivity index (χ2n) is 4.79. The van der Waals surface area contributed by atoms with E-state index in [1.165, 1.54) is 18.2 Å². The molecule has 0 aliphatic heterocycles. The van der Waals surface area contributed by atoms with Gasteiger partial charge in [0.1, 0.15) is 17.4 Å². The lowest BCUT2D eigenvalue weighted by Crippen LogP contribution is -2.02. The fourth-order valence-corrected chi connectivity index (χ4v) is 2.65. The number of ether oxygens (including phenoxy) is 1. The van der Waals surface area contributed by atoms with Crippen molar-refractivity contribution in [3.8, 4) is 5.75 Å². The molecule has 0 saturated heterocycles. The van der Waals surface area contributed by atoms with Gasteiger partial charge in [0.15, 0.2) is 0 Å². The van der Waals surface area contributed by atoms with Crippen molar-refractivity contribution < 1.29 is 13.5 Å². The molecule has 4 heteroatoms. The molecule has 1 nitrogen and oxygen atoms in total. The zero-order chi connectivity index (χ0) is 15.2. The first-order valence-electron chi connectivity index (χ1n) is 6.91. The highest BCUT2D eigenvalue weighted by Gasteiger charge is 2.15. The van der Waals surface area contributed by atoms with Crippen molar-refractivity contribution in [2.45, 2.75) is 24.6 Å². The van der Waals surface area contributed by atoms with Crippen LogP contribution < -0.4 is 4.74 Å². The third kappa shape index (κ3) is 4.27. The average Bonchev–Trinajstić information content (AvgIpc) is 2.49. The predicted octanol–water partition coefficient (Wildman–Crippen LogP) is 5.43. The summed E-state index contributed by atoms with van der Waals surface area (Å²) in [6.07, 6.45) is 1.18. The van der Waals surface area contributed by atoms with Gasteiger partial charge in [0, 0.05) is 10.4 Å². The highest BCUT2D eigenvalue weighted by Crippen LogP contribution is 2.31. The summed E-state index contributed by atoms with van der Waals surface area (Å²) >= 11 is 3.50. The van der Waals surface area contributed by atoms with Crippen LogP contribution in [0.1, 0.15) is 29.3 Å². The second kappa shape index (κ2) is 7.55. The predicted molar refractivity (Wildman–Crippen MR) is 84.0 cm³/mol. The van der Waals surface area contributed by atoms with Gasteiger partial charge in [-0.05, 0) is 42.7 Å². The van der Waals surface area contributed by atoms with Crippen molar-refractivity contribution in [3.63, 3.8) is 0 Å². The molecule has 0 N–H and O–H groups in total. The Morgan fingerprint density at radius 2 is 1.76 bits per heavy atom. The van der Waals surface area contributed by atoms with Crippen LogP contribution in [0, 0.1) is 11.6 Å². The molecule has 0 fully saturated rings. The van der Waals surface area contributed by atoms with Crippen molar-refractivity contribution in [1.82, 2.24) is 0 Å². The lowest BCUT2D eigenvalue weighted by atomic mass is 10.0. The minimum atomic E-state index is -0.516. The third-order valence-electron chi connectivity index (χ3n) is 3.14. The van der Waals surface area contributed by atoms with Gasteiger partial charge in [-0.15, -0.1) is 0 Å². The molecule has 0 aliphatic carbocycles. The van der Waals surface area contributed by atoms with Crippen molar-refractivity contribution in [2.75, 3.05) is 6.61 Å². The molecule has 0 bridgehead atoms. The van der Waals surface area contributed by atoms with Crippen LogP contribution in [0.15, 0.2) is 42.5 Å². The summed E-state index contributed by atoms with van der Waals surface area (Å²) in [7, 11) is 0. The zero-order valence-corrected chi connectivity index (χ0v) is 13.4. The molecular formula is C17H17BrF2O. The number of alkyl halides is 1. The topological polar surface area (TPSA) is 9.23 Å². The van der Waals surface area contributed by atoms with E-state index in [4.69, 9.17) is 4.74 Å². The quantitative estimate of drug-likeness (QED) is 0.628. The number of rotatable bonds is 6. The summed E-state index contributed by atoms with van der Waals surface area (Å²) in [5, 5.41) is 0. The molecule has 1 unspecified atom stereocenters. The Morgan fingerprint density at radius 1 is 1.10 bits per heavy atom. The average molecular weight is 355 g/mol. The van der Waals surface area contributed by atoms with Crippen LogP contribution in [0.5, 0.6) is 5.75 Å². The molecule has 0 aromatic heterocycles. The summed E-state index contributed by atoms with van der Waals surface area (Å²) in [6, 6.07) is 11.5. The number of hydrogen-bond acceptors (Lipinski definition) is 1. The van der Waals surface area contributed by atoms with Gasteiger partial charge in [0.2, 0.25) is 0 Å². The van der Waals surface area contributed by atoms with Crippen molar-refractivity contribution in [2.24, 2.45) is 0 Å². The number of hydrogen-bond donors (Lipinski definition) is 0. The Balaban J connectivity index is 2.14. The molecule has 0 aliphatic rings. The summed E-state index contributed by atoms with van der Waals surface area (Å²) in [5.74, 6) is -0.261. The summed E-state index contributed by atoms with van der Waals surface area (Å²) in [4.78, 5) is -0.172. The van der Waals surface area contributed by atoms with E-state index >= 15 is 0 Å². The smallest absolute Gasteiger partial charge is 0.129 e. The second-order valence-corrected chi connectivity index (χ2v) is 5.90. The van der Waals surface area contributed by atoms with E-state index in [1.54, 1.807) is 0 Å². The van der Waals surface area contributed by atoms with Gasteiger partial charge >= 0.3 is 0 Å². The minimum Gasteiger partial charge on any atom is -0.494 e. The minimum absolute atomic E-state index is 0.0965. The molecule has 0 amide bonds. The first kappa shape index (κ1) is 16.0. The normalized spacial score (nSPS) is 12.2. The van der Waals surface area contributed by atoms with Crippen LogP contribution in [-0.2, 0) is 6.42 Å². The molecule has 0 heterocycles. The van der Waals surface area contributed by atoms with E-state index in [0.29, 0.717) is 6.61 Å². The lowest BCUT2D eigenvalue weighted by molar-refractivity contribution is 0.317. The van der Waals surface area contributed by atoms with Crippen molar-refractivity contribution in [1.29, 1.82) is 0 Å². The first-order chi connectivity index (χ1) is 10.1. The Hall–Kier alpha value is -1.42. The van der Waals surface area contributed by atoms with E-state index in [0.717, 1.165) is 17.7 Å². The highest BCUT2D eigenvalue weighted by molar-refractivity contribution is 9.09. The van der Waals surface area contributed by atoms with E-state index in [-0.39, 0.29) is 16.8 Å². The van der Waals surface area contributed by atoms with E-state index in [9.17, 15) is 8.78 Å². The fourth-order valence-electron chi connectivity index (χ4n) is 2.04. The standard InChI is InChI=1S/C17H17BrF2O/c1-2-9-21-13-6-3-5-12(10-13)15(18)11-14-16(19)7-4-8-17(14)20/h3-8,10,15H,2,9,11H2,1H3. The molecule has 0 spiro atoms. The van der Waals surface area contributed by atoms with Gasteiger partial charge in [0.05, 0.1) is 6.61 Å². The Bertz CT molecular complexity index is 581. The maximum atomic E-state index is 13.7. The Kier molecular flexibility index (Phi) is 5.74. The molecule has 2 rings (SSSR count). The van der Waals surface area contributed by atoms with Gasteiger partial charge < -0.3 is 4.74 Å². The van der Waals surface area contributed by atoms with Crippen LogP contribution in [0.4, 0.5) is 8.78 Å². The Labute approximate surface area is 132 Å². The lowest BCUT2D eigenvalue weighted by Gasteiger charge is -2.13. The monoisotopic (exact) mass is 354 g/mol. The first-order valence-corrected chi connectivity index (χ1v) is 7.83. The molecule has 1 atom stereocenters. The summed E-state index contributed by atoms with van der Waals surface area (Å²) in [5.41, 5.74) is 1.03. The fraction of sp³-hybridized carbons (Fsp3) is 0.294. The van der Waals surface area contributed by atoms with Crippen molar-refractivity contribution >= 4 is 15.9 Å². The van der Waals surface area contributed by atoms with Gasteiger partial charge in [-0.1, -0.05) is 41.1 Å². The largest absolute Gasteiger partial charge is 0.494 e. The van der Waals surface area contributed by atoms with E-state index < -0.39 is 11.6 Å². The van der Waals surface area contributed by atoms with Gasteiger partial charge in [-0.2, -0.15) is 0 Å². The number of halogens is 3. The summed E-state index contributed by atoms with van der Waals surface area (Å²) < 4.78 is 32.9. The zero-order valence-electron chi connectivity index (χ0n) is 11.8. The maximum Gasteiger partial charge on any atom is 0.129 e. The SMILES string of the molecule is CCCOc1cccc(C(Br)Cc2c(F)cccc2F)c1. The van der Waals surface area contributed by atoms with Crippen LogP contribution in [0.2, 0.25) is 0 Å². The van der Waals surface area contributed by atoms with Crippen LogP contribution in [-0.4, -0.2) is 6.61 Å². The van der Waals surface area contributed by atoms with Gasteiger partial charge in [0.25, 0.3) is 0 Å². The molecule has 112 valence electrons. The van der Waals surface area contributed by atoms with Gasteiger partial charge in [-0.3, -0.25) is 0 Å². The van der Waals surface area contributed by atoms with E-state index in [2.05, 4.69) is 15.9 Å². The van der Waals surface area contributed by atoms with Crippen LogP contribution in [0.3, 0.4) is 0 Å². The highest BCUT2D eigenvalue weighted by atomic mass is 79.9. The van der Waals surface area contributed by atoms with Crippen LogP contribution in [0.25, 0.3) is 0 Å². The molecule has 21 heavy (non-hydrogen) atoms. The van der Waals surface area contributed by atoms with E-state index in [1.807, 2.05) is 31.2 Å². The molecule has 0 saturated carbocycles. The van der Waals surface area contributed by atoms with Crippen LogP contribution >= 0.6 is 15.9 Å². The number of benzene rings is 2. The third-order valence-corrected chi connectivity index (χ3v) is 3.99. The summed E-state index contributed by atoms with van der Waals surface area (Å²) in [6.45, 7) is 2.69. The maximum absolute atomic E-state index is 13.7. The van der Waals surface area contributed by atoms with Crippen molar-refractivity contribution in [3.05, 3.63) is 65.2 Å². The molecule has 2 aromatic rings.